The molecule has 0 saturated carbocycles. The minimum Gasteiger partial charge on any atom is -0.456 e. The number of hydrogen-bond acceptors (Lipinski definition) is 1. The maximum absolute atomic E-state index is 6.63. The fourth-order valence-corrected chi connectivity index (χ4v) is 9.66. The van der Waals surface area contributed by atoms with Crippen LogP contribution >= 0.6 is 0 Å². The minimum atomic E-state index is -0.359. The van der Waals surface area contributed by atoms with Crippen LogP contribution in [0.1, 0.15) is 22.3 Å². The van der Waals surface area contributed by atoms with Gasteiger partial charge in [-0.2, -0.15) is 0 Å². The first-order valence-electron chi connectivity index (χ1n) is 17.7. The lowest BCUT2D eigenvalue weighted by Crippen LogP contribution is -2.25. The normalized spacial score (nSPS) is 13.6. The van der Waals surface area contributed by atoms with Crippen LogP contribution in [0.5, 0.6) is 0 Å². The van der Waals surface area contributed by atoms with Gasteiger partial charge in [-0.1, -0.05) is 133 Å². The number of fused-ring (bicyclic) bond motifs is 16. The number of nitrogens with zero attached hydrogens (tertiary/aromatic N) is 1. The predicted molar refractivity (Wildman–Crippen MR) is 210 cm³/mol. The van der Waals surface area contributed by atoms with Crippen LogP contribution in [-0.4, -0.2) is 4.57 Å². The topological polar surface area (TPSA) is 18.1 Å². The van der Waals surface area contributed by atoms with Gasteiger partial charge in [0.2, 0.25) is 0 Å². The Morgan fingerprint density at radius 3 is 1.65 bits per heavy atom. The zero-order valence-corrected chi connectivity index (χ0v) is 27.6. The van der Waals surface area contributed by atoms with Crippen molar-refractivity contribution in [3.05, 3.63) is 198 Å². The molecule has 2 aliphatic carbocycles. The Bertz CT molecular complexity index is 3000. The number of hydrogen-bond donors (Lipinski definition) is 0. The molecule has 236 valence electrons. The quantitative estimate of drug-likeness (QED) is 0.183. The highest BCUT2D eigenvalue weighted by atomic mass is 16.3. The average Bonchev–Trinajstić information content (AvgIpc) is 3.91. The van der Waals surface area contributed by atoms with Crippen molar-refractivity contribution < 1.29 is 4.42 Å². The molecule has 2 aromatic heterocycles. The molecule has 2 nitrogen and oxygen atoms in total. The molecule has 51 heavy (non-hydrogen) atoms. The highest BCUT2D eigenvalue weighted by molar-refractivity contribution is 6.11. The van der Waals surface area contributed by atoms with Gasteiger partial charge in [0, 0.05) is 27.2 Å². The monoisotopic (exact) mass is 647 g/mol. The minimum absolute atomic E-state index is 0.359. The summed E-state index contributed by atoms with van der Waals surface area (Å²) in [6.07, 6.45) is 0. The zero-order chi connectivity index (χ0) is 33.3. The van der Waals surface area contributed by atoms with Crippen LogP contribution in [-0.2, 0) is 5.41 Å². The smallest absolute Gasteiger partial charge is 0.136 e. The van der Waals surface area contributed by atoms with Gasteiger partial charge in [0.15, 0.2) is 0 Å². The van der Waals surface area contributed by atoms with E-state index in [1.807, 2.05) is 0 Å². The van der Waals surface area contributed by atoms with Crippen molar-refractivity contribution in [2.75, 3.05) is 0 Å². The molecular formula is C49H29NO. The molecular weight excluding hydrogens is 619 g/mol. The Morgan fingerprint density at radius 1 is 0.373 bits per heavy atom. The van der Waals surface area contributed by atoms with Gasteiger partial charge < -0.3 is 8.98 Å². The van der Waals surface area contributed by atoms with E-state index in [4.69, 9.17) is 4.42 Å². The maximum Gasteiger partial charge on any atom is 0.136 e. The second kappa shape index (κ2) is 9.74. The summed E-state index contributed by atoms with van der Waals surface area (Å²) in [5.41, 5.74) is 18.1. The Hall–Kier alpha value is -6.64. The average molecular weight is 648 g/mol. The molecule has 0 N–H and O–H groups in total. The van der Waals surface area contributed by atoms with Crippen LogP contribution < -0.4 is 0 Å². The van der Waals surface area contributed by atoms with Crippen molar-refractivity contribution in [3.8, 4) is 39.1 Å². The third-order valence-electron chi connectivity index (χ3n) is 11.6. The van der Waals surface area contributed by atoms with Crippen molar-refractivity contribution in [1.82, 2.24) is 4.57 Å². The molecule has 0 saturated heterocycles. The third-order valence-corrected chi connectivity index (χ3v) is 11.6. The van der Waals surface area contributed by atoms with Crippen molar-refractivity contribution in [3.63, 3.8) is 0 Å². The molecule has 0 bridgehead atoms. The van der Waals surface area contributed by atoms with Crippen molar-refractivity contribution >= 4 is 43.7 Å². The Balaban J connectivity index is 1.06. The summed E-state index contributed by atoms with van der Waals surface area (Å²) in [5, 5.41) is 4.77. The Morgan fingerprint density at radius 2 is 0.941 bits per heavy atom. The zero-order valence-electron chi connectivity index (χ0n) is 27.6. The van der Waals surface area contributed by atoms with Gasteiger partial charge in [-0.05, 0) is 98.1 Å². The summed E-state index contributed by atoms with van der Waals surface area (Å²) in [6.45, 7) is 0. The molecule has 1 spiro atoms. The summed E-state index contributed by atoms with van der Waals surface area (Å²) in [4.78, 5) is 0. The predicted octanol–water partition coefficient (Wildman–Crippen LogP) is 12.7. The molecule has 0 aliphatic heterocycles. The van der Waals surface area contributed by atoms with E-state index in [0.717, 1.165) is 33.2 Å². The Labute approximate surface area is 294 Å². The largest absolute Gasteiger partial charge is 0.456 e. The van der Waals surface area contributed by atoms with E-state index in [-0.39, 0.29) is 5.41 Å². The molecule has 2 heterocycles. The molecule has 2 aliphatic rings. The number of benzene rings is 8. The summed E-state index contributed by atoms with van der Waals surface area (Å²) >= 11 is 0. The van der Waals surface area contributed by atoms with Crippen LogP contribution in [0.25, 0.3) is 82.8 Å². The van der Waals surface area contributed by atoms with Crippen molar-refractivity contribution in [1.29, 1.82) is 0 Å². The first kappa shape index (κ1) is 27.2. The van der Waals surface area contributed by atoms with E-state index in [9.17, 15) is 0 Å². The fraction of sp³-hybridized carbons (Fsp3) is 0.0204. The summed E-state index contributed by atoms with van der Waals surface area (Å²) < 4.78 is 9.00. The van der Waals surface area contributed by atoms with Gasteiger partial charge in [-0.15, -0.1) is 0 Å². The van der Waals surface area contributed by atoms with E-state index in [0.29, 0.717) is 0 Å². The maximum atomic E-state index is 6.63. The summed E-state index contributed by atoms with van der Waals surface area (Å²) in [5.74, 6) is 0. The third kappa shape index (κ3) is 3.37. The molecule has 0 fully saturated rings. The molecule has 10 aromatic rings. The lowest BCUT2D eigenvalue weighted by Gasteiger charge is -2.30. The van der Waals surface area contributed by atoms with Crippen LogP contribution in [0.15, 0.2) is 180 Å². The molecule has 2 heteroatoms. The van der Waals surface area contributed by atoms with Gasteiger partial charge in [-0.3, -0.25) is 0 Å². The van der Waals surface area contributed by atoms with E-state index in [1.165, 1.54) is 71.9 Å². The van der Waals surface area contributed by atoms with Crippen LogP contribution in [0.4, 0.5) is 0 Å². The Kier molecular flexibility index (Phi) is 5.20. The SMILES string of the molecule is c1ccc2c(c1)-c1ccccc1C21c2ccccc2-c2c(-c3ccc4c(c3)oc3ccc(-n5c6ccccc6c6ccccc65)cc34)cccc21. The standard InChI is InChI=1S/C49H29NO/c1-6-18-40-33(12-1)34-13-2-7-19-41(34)49(40)42-20-8-3-16-38(42)48-32(17-11-21-43(48)49)30-24-26-37-39-29-31(25-27-46(39)51-47(37)28-30)50-44-22-9-4-14-35(44)36-15-5-10-23-45(36)50/h1-29H. The van der Waals surface area contributed by atoms with Crippen LogP contribution in [0, 0.1) is 0 Å². The van der Waals surface area contributed by atoms with Gasteiger partial charge in [0.05, 0.1) is 16.4 Å². The molecule has 0 amide bonds. The summed E-state index contributed by atoms with van der Waals surface area (Å²) in [7, 11) is 0. The number of para-hydroxylation sites is 2. The molecule has 0 atom stereocenters. The van der Waals surface area contributed by atoms with E-state index in [1.54, 1.807) is 0 Å². The second-order valence-electron chi connectivity index (χ2n) is 14.0. The van der Waals surface area contributed by atoms with E-state index in [2.05, 4.69) is 180 Å². The number of rotatable bonds is 2. The van der Waals surface area contributed by atoms with Crippen molar-refractivity contribution in [2.24, 2.45) is 0 Å². The van der Waals surface area contributed by atoms with E-state index >= 15 is 0 Å². The van der Waals surface area contributed by atoms with Gasteiger partial charge in [0.25, 0.3) is 0 Å². The van der Waals surface area contributed by atoms with Gasteiger partial charge >= 0.3 is 0 Å². The fourth-order valence-electron chi connectivity index (χ4n) is 9.66. The van der Waals surface area contributed by atoms with Crippen molar-refractivity contribution in [2.45, 2.75) is 5.41 Å². The van der Waals surface area contributed by atoms with Gasteiger partial charge in [-0.25, -0.2) is 0 Å². The first-order valence-corrected chi connectivity index (χ1v) is 17.7. The van der Waals surface area contributed by atoms with Crippen LogP contribution in [0.3, 0.4) is 0 Å². The van der Waals surface area contributed by atoms with E-state index < -0.39 is 0 Å². The number of furan rings is 1. The first-order chi connectivity index (χ1) is 25.3. The highest BCUT2D eigenvalue weighted by Crippen LogP contribution is 2.64. The van der Waals surface area contributed by atoms with Crippen LogP contribution in [0.2, 0.25) is 0 Å². The molecule has 12 rings (SSSR count). The number of aromatic nitrogens is 1. The van der Waals surface area contributed by atoms with Gasteiger partial charge in [0.1, 0.15) is 11.2 Å². The lowest BCUT2D eigenvalue weighted by atomic mass is 9.70. The molecule has 0 unspecified atom stereocenters. The molecule has 0 radical (unpaired) electrons. The summed E-state index contributed by atoms with van der Waals surface area (Å²) in [6, 6.07) is 64.6. The lowest BCUT2D eigenvalue weighted by molar-refractivity contribution is 0.669. The molecule has 8 aromatic carbocycles. The highest BCUT2D eigenvalue weighted by Gasteiger charge is 2.51. The second-order valence-corrected chi connectivity index (χ2v) is 14.0.